The number of carbonyl (C=O) groups excluding carboxylic acids is 3. The molecule has 0 saturated carbocycles. The lowest BCUT2D eigenvalue weighted by Crippen LogP contribution is -2.45. The number of nitrogens with one attached hydrogen (secondary N) is 1. The maximum absolute atomic E-state index is 13.2. The second-order valence-corrected chi connectivity index (χ2v) is 7.89. The molecular formula is C19H18FN3O3S. The molecule has 1 aromatic carbocycles. The molecule has 1 unspecified atom stereocenters. The number of amides is 4. The lowest BCUT2D eigenvalue weighted by molar-refractivity contribution is -0.139. The van der Waals surface area contributed by atoms with Gasteiger partial charge in [0.15, 0.2) is 0 Å². The third-order valence-corrected chi connectivity index (χ3v) is 6.17. The van der Waals surface area contributed by atoms with Gasteiger partial charge >= 0.3 is 6.03 Å². The van der Waals surface area contributed by atoms with Crippen LogP contribution in [0.3, 0.4) is 0 Å². The van der Waals surface area contributed by atoms with Crippen molar-refractivity contribution in [3.8, 4) is 0 Å². The topological polar surface area (TPSA) is 69.7 Å². The van der Waals surface area contributed by atoms with Gasteiger partial charge in [0.25, 0.3) is 5.91 Å². The van der Waals surface area contributed by atoms with Crippen molar-refractivity contribution in [1.82, 2.24) is 15.1 Å². The van der Waals surface area contributed by atoms with Crippen LogP contribution in [0.2, 0.25) is 0 Å². The van der Waals surface area contributed by atoms with Crippen molar-refractivity contribution in [2.24, 2.45) is 0 Å². The zero-order chi connectivity index (χ0) is 19.2. The van der Waals surface area contributed by atoms with E-state index >= 15 is 0 Å². The van der Waals surface area contributed by atoms with Crippen LogP contribution >= 0.6 is 11.3 Å². The maximum Gasteiger partial charge on any atom is 0.325 e. The molecule has 8 heteroatoms. The number of imide groups is 1. The van der Waals surface area contributed by atoms with E-state index in [9.17, 15) is 18.8 Å². The lowest BCUT2D eigenvalue weighted by atomic mass is 9.92. The normalized spacial score (nSPS) is 22.0. The third kappa shape index (κ3) is 2.99. The van der Waals surface area contributed by atoms with E-state index in [1.54, 1.807) is 23.2 Å². The van der Waals surface area contributed by atoms with E-state index < -0.39 is 23.3 Å². The molecule has 1 N–H and O–H groups in total. The highest BCUT2D eigenvalue weighted by Gasteiger charge is 2.49. The van der Waals surface area contributed by atoms with Crippen molar-refractivity contribution < 1.29 is 18.8 Å². The summed E-state index contributed by atoms with van der Waals surface area (Å²) in [5, 5.41) is 4.64. The van der Waals surface area contributed by atoms with Crippen LogP contribution in [-0.2, 0) is 28.1 Å². The quantitative estimate of drug-likeness (QED) is 0.822. The van der Waals surface area contributed by atoms with Crippen molar-refractivity contribution in [3.63, 3.8) is 0 Å². The van der Waals surface area contributed by atoms with Crippen LogP contribution in [0.15, 0.2) is 35.7 Å². The van der Waals surface area contributed by atoms with Crippen LogP contribution < -0.4 is 5.32 Å². The second kappa shape index (κ2) is 6.45. The minimum absolute atomic E-state index is 0.265. The zero-order valence-electron chi connectivity index (χ0n) is 14.7. The highest BCUT2D eigenvalue weighted by Crippen LogP contribution is 2.29. The largest absolute Gasteiger partial charge is 0.336 e. The first-order valence-electron chi connectivity index (χ1n) is 8.61. The van der Waals surface area contributed by atoms with Gasteiger partial charge in [-0.15, -0.1) is 11.3 Å². The number of halogens is 1. The van der Waals surface area contributed by atoms with Gasteiger partial charge in [-0.3, -0.25) is 14.5 Å². The Kier molecular flexibility index (Phi) is 4.22. The van der Waals surface area contributed by atoms with Gasteiger partial charge in [-0.05, 0) is 48.1 Å². The Balaban J connectivity index is 1.49. The Morgan fingerprint density at radius 1 is 1.26 bits per heavy atom. The van der Waals surface area contributed by atoms with Crippen molar-refractivity contribution >= 4 is 29.2 Å². The van der Waals surface area contributed by atoms with Crippen molar-refractivity contribution in [2.75, 3.05) is 13.1 Å². The van der Waals surface area contributed by atoms with Gasteiger partial charge in [-0.1, -0.05) is 12.1 Å². The van der Waals surface area contributed by atoms with E-state index in [-0.39, 0.29) is 12.5 Å². The molecule has 140 valence electrons. The monoisotopic (exact) mass is 387 g/mol. The third-order valence-electron chi connectivity index (χ3n) is 5.15. The summed E-state index contributed by atoms with van der Waals surface area (Å²) in [5.74, 6) is -1.21. The standard InChI is InChI=1S/C19H18FN3O3S/c1-19(13-2-4-14(20)5-3-13)17(25)23(18(26)21-19)11-16(24)22-8-6-15-12(10-22)7-9-27-15/h2-5,7,9H,6,8,10-11H2,1H3,(H,21,26). The number of hydrogen-bond acceptors (Lipinski definition) is 4. The fourth-order valence-electron chi connectivity index (χ4n) is 3.52. The van der Waals surface area contributed by atoms with Gasteiger partial charge in [0.05, 0.1) is 0 Å². The molecule has 0 aliphatic carbocycles. The number of benzene rings is 1. The summed E-state index contributed by atoms with van der Waals surface area (Å²) in [6.45, 7) is 2.33. The van der Waals surface area contributed by atoms with E-state index in [1.165, 1.54) is 29.1 Å². The Morgan fingerprint density at radius 3 is 2.74 bits per heavy atom. The van der Waals surface area contributed by atoms with Crippen LogP contribution in [0.4, 0.5) is 9.18 Å². The molecule has 1 saturated heterocycles. The van der Waals surface area contributed by atoms with Gasteiger partial charge in [-0.2, -0.15) is 0 Å². The van der Waals surface area contributed by atoms with Gasteiger partial charge in [0.1, 0.15) is 17.9 Å². The molecule has 2 aliphatic heterocycles. The van der Waals surface area contributed by atoms with Crippen LogP contribution in [0.25, 0.3) is 0 Å². The molecule has 0 radical (unpaired) electrons. The molecular weight excluding hydrogens is 369 g/mol. The fraction of sp³-hybridized carbons (Fsp3) is 0.316. The van der Waals surface area contributed by atoms with Gasteiger partial charge in [0, 0.05) is 18.0 Å². The second-order valence-electron chi connectivity index (χ2n) is 6.89. The number of fused-ring (bicyclic) bond motifs is 1. The lowest BCUT2D eigenvalue weighted by Gasteiger charge is -2.28. The molecule has 1 atom stereocenters. The van der Waals surface area contributed by atoms with E-state index in [0.717, 1.165) is 16.9 Å². The average Bonchev–Trinajstić information content (AvgIpc) is 3.20. The molecule has 3 heterocycles. The summed E-state index contributed by atoms with van der Waals surface area (Å²) in [6.07, 6.45) is 0.784. The highest BCUT2D eigenvalue weighted by molar-refractivity contribution is 7.10. The molecule has 0 spiro atoms. The summed E-state index contributed by atoms with van der Waals surface area (Å²) in [6, 6.07) is 6.77. The molecule has 1 fully saturated rings. The van der Waals surface area contributed by atoms with Gasteiger partial charge < -0.3 is 10.2 Å². The Morgan fingerprint density at radius 2 is 2.00 bits per heavy atom. The molecule has 27 heavy (non-hydrogen) atoms. The predicted octanol–water partition coefficient (Wildman–Crippen LogP) is 2.24. The van der Waals surface area contributed by atoms with E-state index in [1.807, 2.05) is 11.4 Å². The number of thiophene rings is 1. The van der Waals surface area contributed by atoms with Crippen molar-refractivity contribution in [1.29, 1.82) is 0 Å². The minimum atomic E-state index is -1.31. The fourth-order valence-corrected chi connectivity index (χ4v) is 4.41. The molecule has 2 aromatic rings. The van der Waals surface area contributed by atoms with Crippen LogP contribution in [0, 0.1) is 5.82 Å². The van der Waals surface area contributed by atoms with Crippen molar-refractivity contribution in [3.05, 3.63) is 57.5 Å². The molecule has 4 amide bonds. The summed E-state index contributed by atoms with van der Waals surface area (Å²) in [5.41, 5.74) is 0.277. The van der Waals surface area contributed by atoms with Crippen LogP contribution in [-0.4, -0.2) is 40.7 Å². The maximum atomic E-state index is 13.2. The summed E-state index contributed by atoms with van der Waals surface area (Å²) >= 11 is 1.68. The number of nitrogens with zero attached hydrogens (tertiary/aromatic N) is 2. The smallest absolute Gasteiger partial charge is 0.325 e. The Hall–Kier alpha value is -2.74. The first-order valence-corrected chi connectivity index (χ1v) is 9.49. The minimum Gasteiger partial charge on any atom is -0.336 e. The average molecular weight is 387 g/mol. The molecule has 0 bridgehead atoms. The predicted molar refractivity (Wildman–Crippen MR) is 97.4 cm³/mol. The Labute approximate surface area is 159 Å². The SMILES string of the molecule is CC1(c2ccc(F)cc2)NC(=O)N(CC(=O)N2CCc3sccc3C2)C1=O. The zero-order valence-corrected chi connectivity index (χ0v) is 15.5. The van der Waals surface area contributed by atoms with E-state index in [2.05, 4.69) is 5.32 Å². The summed E-state index contributed by atoms with van der Waals surface area (Å²) in [7, 11) is 0. The number of rotatable bonds is 3. The molecule has 1 aromatic heterocycles. The Bertz CT molecular complexity index is 927. The first-order chi connectivity index (χ1) is 12.9. The molecule has 6 nitrogen and oxygen atoms in total. The van der Waals surface area contributed by atoms with Crippen LogP contribution in [0.5, 0.6) is 0 Å². The molecule has 2 aliphatic rings. The van der Waals surface area contributed by atoms with Gasteiger partial charge in [-0.25, -0.2) is 9.18 Å². The number of hydrogen-bond donors (Lipinski definition) is 1. The summed E-state index contributed by atoms with van der Waals surface area (Å²) in [4.78, 5) is 41.8. The first kappa shape index (κ1) is 17.7. The number of urea groups is 1. The van der Waals surface area contributed by atoms with Gasteiger partial charge in [0.2, 0.25) is 5.91 Å². The van der Waals surface area contributed by atoms with E-state index in [0.29, 0.717) is 18.7 Å². The van der Waals surface area contributed by atoms with E-state index in [4.69, 9.17) is 0 Å². The van der Waals surface area contributed by atoms with Crippen molar-refractivity contribution in [2.45, 2.75) is 25.4 Å². The highest BCUT2D eigenvalue weighted by atomic mass is 32.1. The summed E-state index contributed by atoms with van der Waals surface area (Å²) < 4.78 is 13.2. The number of carbonyl (C=O) groups is 3. The molecule has 4 rings (SSSR count). The van der Waals surface area contributed by atoms with Crippen LogP contribution in [0.1, 0.15) is 22.9 Å².